The summed E-state index contributed by atoms with van der Waals surface area (Å²) in [6, 6.07) is 2.38. The number of hydrogen-bond acceptors (Lipinski definition) is 6. The van der Waals surface area contributed by atoms with Gasteiger partial charge in [0.1, 0.15) is 36.2 Å². The van der Waals surface area contributed by atoms with Gasteiger partial charge in [-0.3, -0.25) is 4.52 Å². The van der Waals surface area contributed by atoms with Gasteiger partial charge in [-0.25, -0.2) is 37.4 Å². The third kappa shape index (κ3) is 4.51. The van der Waals surface area contributed by atoms with Crippen molar-refractivity contribution < 1.29 is 32.0 Å². The largest absolute Gasteiger partial charge is 0.470 e. The standard InChI is InChI=1S/C16H15F3N5O4P/c1-10(15-14(19)5-20-7-22-15)16(28-29(25,26)27,6-24-9-21-8-23-24)12-3-2-11(17)4-13(12)18/h2-5,7-10H,6H2,1H3,(H2,25,26,27)/t10-,16?/m0/s1. The van der Waals surface area contributed by atoms with Crippen LogP contribution in [0.15, 0.2) is 43.4 Å². The first-order valence-corrected chi connectivity index (χ1v) is 9.65. The Morgan fingerprint density at radius 1 is 1.21 bits per heavy atom. The lowest BCUT2D eigenvalue weighted by atomic mass is 9.79. The van der Waals surface area contributed by atoms with Crippen molar-refractivity contribution in [1.29, 1.82) is 0 Å². The fourth-order valence-electron chi connectivity index (χ4n) is 3.07. The van der Waals surface area contributed by atoms with Gasteiger partial charge in [0.15, 0.2) is 5.82 Å². The van der Waals surface area contributed by atoms with Crippen molar-refractivity contribution in [3.05, 3.63) is 72.1 Å². The molecule has 0 aliphatic heterocycles. The molecule has 9 nitrogen and oxygen atoms in total. The van der Waals surface area contributed by atoms with Crippen LogP contribution in [0.2, 0.25) is 0 Å². The van der Waals surface area contributed by atoms with Crippen LogP contribution in [0.4, 0.5) is 13.2 Å². The van der Waals surface area contributed by atoms with Crippen molar-refractivity contribution in [3.63, 3.8) is 0 Å². The lowest BCUT2D eigenvalue weighted by Gasteiger charge is -2.38. The Bertz CT molecular complexity index is 1050. The van der Waals surface area contributed by atoms with Crippen molar-refractivity contribution in [2.45, 2.75) is 25.0 Å². The normalized spacial score (nSPS) is 15.1. The molecule has 2 heterocycles. The molecule has 0 amide bonds. The summed E-state index contributed by atoms with van der Waals surface area (Å²) >= 11 is 0. The molecule has 0 bridgehead atoms. The van der Waals surface area contributed by atoms with E-state index < -0.39 is 48.9 Å². The van der Waals surface area contributed by atoms with Gasteiger partial charge < -0.3 is 9.79 Å². The maximum atomic E-state index is 14.8. The summed E-state index contributed by atoms with van der Waals surface area (Å²) in [5.41, 5.74) is -2.96. The Labute approximate surface area is 162 Å². The van der Waals surface area contributed by atoms with Crippen molar-refractivity contribution in [3.8, 4) is 0 Å². The molecule has 0 aliphatic rings. The van der Waals surface area contributed by atoms with Crippen molar-refractivity contribution in [1.82, 2.24) is 24.7 Å². The fourth-order valence-corrected chi connectivity index (χ4v) is 3.81. The number of phosphoric acid groups is 1. The van der Waals surface area contributed by atoms with E-state index in [0.29, 0.717) is 6.07 Å². The lowest BCUT2D eigenvalue weighted by molar-refractivity contribution is -0.0125. The zero-order valence-electron chi connectivity index (χ0n) is 14.9. The van der Waals surface area contributed by atoms with Crippen LogP contribution in [-0.2, 0) is 21.2 Å². The summed E-state index contributed by atoms with van der Waals surface area (Å²) in [7, 11) is -5.28. The molecule has 2 aromatic heterocycles. The summed E-state index contributed by atoms with van der Waals surface area (Å²) in [4.78, 5) is 30.2. The number of nitrogens with zero attached hydrogens (tertiary/aromatic N) is 5. The van der Waals surface area contributed by atoms with E-state index in [2.05, 4.69) is 20.1 Å². The van der Waals surface area contributed by atoms with Crippen molar-refractivity contribution in [2.24, 2.45) is 0 Å². The van der Waals surface area contributed by atoms with Crippen LogP contribution in [0.5, 0.6) is 0 Å². The maximum absolute atomic E-state index is 14.8. The highest BCUT2D eigenvalue weighted by Crippen LogP contribution is 2.52. The molecule has 3 rings (SSSR count). The Morgan fingerprint density at radius 2 is 1.97 bits per heavy atom. The minimum Gasteiger partial charge on any atom is -0.303 e. The van der Waals surface area contributed by atoms with Crippen LogP contribution in [0.1, 0.15) is 24.1 Å². The molecular weight excluding hydrogens is 414 g/mol. The molecule has 154 valence electrons. The monoisotopic (exact) mass is 429 g/mol. The van der Waals surface area contributed by atoms with E-state index in [4.69, 9.17) is 4.52 Å². The predicted molar refractivity (Wildman–Crippen MR) is 91.6 cm³/mol. The first kappa shape index (κ1) is 21.1. The first-order chi connectivity index (χ1) is 13.6. The highest BCUT2D eigenvalue weighted by atomic mass is 31.2. The topological polar surface area (TPSA) is 123 Å². The Morgan fingerprint density at radius 3 is 2.55 bits per heavy atom. The minimum atomic E-state index is -5.28. The van der Waals surface area contributed by atoms with Crippen LogP contribution in [-0.4, -0.2) is 34.5 Å². The average Bonchev–Trinajstić information content (AvgIpc) is 3.12. The minimum absolute atomic E-state index is 0.294. The second-order valence-electron chi connectivity index (χ2n) is 6.17. The second kappa shape index (κ2) is 7.99. The van der Waals surface area contributed by atoms with Gasteiger partial charge in [0, 0.05) is 17.5 Å². The molecule has 0 saturated heterocycles. The molecule has 0 aliphatic carbocycles. The zero-order valence-corrected chi connectivity index (χ0v) is 15.7. The van der Waals surface area contributed by atoms with E-state index >= 15 is 0 Å². The maximum Gasteiger partial charge on any atom is 0.470 e. The molecular formula is C16H15F3N5O4P. The van der Waals surface area contributed by atoms with Crippen LogP contribution in [0, 0.1) is 17.5 Å². The van der Waals surface area contributed by atoms with Crippen molar-refractivity contribution in [2.75, 3.05) is 0 Å². The van der Waals surface area contributed by atoms with E-state index in [1.54, 1.807) is 0 Å². The zero-order chi connectivity index (χ0) is 21.2. The van der Waals surface area contributed by atoms with E-state index in [0.717, 1.165) is 35.7 Å². The number of aromatic nitrogens is 5. The molecule has 1 aromatic carbocycles. The van der Waals surface area contributed by atoms with Gasteiger partial charge in [0.25, 0.3) is 0 Å². The van der Waals surface area contributed by atoms with E-state index in [9.17, 15) is 27.5 Å². The van der Waals surface area contributed by atoms with Gasteiger partial charge in [-0.2, -0.15) is 5.10 Å². The third-order valence-corrected chi connectivity index (χ3v) is 4.90. The molecule has 2 N–H and O–H groups in total. The van der Waals surface area contributed by atoms with Gasteiger partial charge in [-0.05, 0) is 6.07 Å². The number of rotatable bonds is 7. The van der Waals surface area contributed by atoms with E-state index in [-0.39, 0.29) is 5.69 Å². The van der Waals surface area contributed by atoms with Gasteiger partial charge in [0.2, 0.25) is 0 Å². The van der Waals surface area contributed by atoms with E-state index in [1.165, 1.54) is 13.3 Å². The van der Waals surface area contributed by atoms with Crippen LogP contribution < -0.4 is 0 Å². The van der Waals surface area contributed by atoms with Gasteiger partial charge in [-0.15, -0.1) is 0 Å². The summed E-state index contributed by atoms with van der Waals surface area (Å²) in [5, 5.41) is 3.85. The number of benzene rings is 1. The molecule has 0 saturated carbocycles. The average molecular weight is 429 g/mol. The molecule has 2 atom stereocenters. The first-order valence-electron chi connectivity index (χ1n) is 8.12. The number of halogens is 3. The molecule has 0 fully saturated rings. The second-order valence-corrected chi connectivity index (χ2v) is 7.33. The predicted octanol–water partition coefficient (Wildman–Crippen LogP) is 2.29. The lowest BCUT2D eigenvalue weighted by Crippen LogP contribution is -2.41. The number of hydrogen-bond donors (Lipinski definition) is 2. The molecule has 0 radical (unpaired) electrons. The summed E-state index contributed by atoms with van der Waals surface area (Å²) in [6.45, 7) is 0.839. The molecule has 1 unspecified atom stereocenters. The summed E-state index contributed by atoms with van der Waals surface area (Å²) in [6.07, 6.45) is 4.20. The highest BCUT2D eigenvalue weighted by molar-refractivity contribution is 7.46. The molecule has 0 spiro atoms. The van der Waals surface area contributed by atoms with Gasteiger partial charge >= 0.3 is 7.82 Å². The fraction of sp³-hybridized carbons (Fsp3) is 0.250. The van der Waals surface area contributed by atoms with Crippen LogP contribution >= 0.6 is 7.82 Å². The quantitative estimate of drug-likeness (QED) is 0.549. The van der Waals surface area contributed by atoms with Gasteiger partial charge in [-0.1, -0.05) is 13.0 Å². The van der Waals surface area contributed by atoms with Crippen LogP contribution in [0.3, 0.4) is 0 Å². The smallest absolute Gasteiger partial charge is 0.303 e. The van der Waals surface area contributed by atoms with Gasteiger partial charge in [0.05, 0.1) is 18.4 Å². The van der Waals surface area contributed by atoms with Crippen LogP contribution in [0.25, 0.3) is 0 Å². The third-order valence-electron chi connectivity index (χ3n) is 4.34. The number of phosphoric ester groups is 1. The SMILES string of the molecule is C[C@@H](c1ncncc1F)C(Cn1cncn1)(OP(=O)(O)O)c1ccc(F)cc1F. The summed E-state index contributed by atoms with van der Waals surface area (Å²) < 4.78 is 60.7. The molecule has 13 heteroatoms. The van der Waals surface area contributed by atoms with E-state index in [1.807, 2.05) is 0 Å². The Kier molecular flexibility index (Phi) is 5.80. The Balaban J connectivity index is 2.29. The Hall–Kier alpha value is -2.66. The van der Waals surface area contributed by atoms with Crippen molar-refractivity contribution >= 4 is 7.82 Å². The highest BCUT2D eigenvalue weighted by Gasteiger charge is 2.49. The molecule has 3 aromatic rings. The molecule has 29 heavy (non-hydrogen) atoms. The summed E-state index contributed by atoms with van der Waals surface area (Å²) in [5.74, 6) is -4.25.